The molecule has 0 aromatic heterocycles. The van der Waals surface area contributed by atoms with Crippen molar-refractivity contribution in [2.75, 3.05) is 40.0 Å². The highest BCUT2D eigenvalue weighted by Crippen LogP contribution is 2.25. The van der Waals surface area contributed by atoms with Crippen molar-refractivity contribution in [3.8, 4) is 0 Å². The second-order valence-corrected chi connectivity index (χ2v) is 3.33. The maximum Gasteiger partial charge on any atom is 0.319 e. The van der Waals surface area contributed by atoms with Crippen molar-refractivity contribution in [1.82, 2.24) is 5.32 Å². The number of methoxy groups -OCH3 is 1. The summed E-state index contributed by atoms with van der Waals surface area (Å²) in [6, 6.07) is 0. The van der Waals surface area contributed by atoms with E-state index >= 15 is 0 Å². The van der Waals surface area contributed by atoms with Crippen molar-refractivity contribution in [2.24, 2.45) is 5.41 Å². The van der Waals surface area contributed by atoms with Crippen LogP contribution in [0.4, 0.5) is 0 Å². The zero-order chi connectivity index (χ0) is 9.73. The summed E-state index contributed by atoms with van der Waals surface area (Å²) in [4.78, 5) is 10.7. The van der Waals surface area contributed by atoms with E-state index in [1.165, 1.54) is 7.11 Å². The molecule has 5 heteroatoms. The van der Waals surface area contributed by atoms with Gasteiger partial charge in [-0.1, -0.05) is 0 Å². The second kappa shape index (κ2) is 4.55. The van der Waals surface area contributed by atoms with Gasteiger partial charge in [0.05, 0.1) is 38.9 Å². The average Bonchev–Trinajstić information content (AvgIpc) is 2.09. The molecule has 13 heavy (non-hydrogen) atoms. The van der Waals surface area contributed by atoms with Gasteiger partial charge in [-0.15, -0.1) is 0 Å². The number of esters is 1. The summed E-state index contributed by atoms with van der Waals surface area (Å²) in [5, 5.41) is 11.9. The lowest BCUT2D eigenvalue weighted by Gasteiger charge is -2.39. The van der Waals surface area contributed by atoms with E-state index in [-0.39, 0.29) is 24.5 Å². The Morgan fingerprint density at radius 2 is 2.38 bits per heavy atom. The number of aliphatic hydroxyl groups is 1. The van der Waals surface area contributed by atoms with E-state index in [2.05, 4.69) is 10.1 Å². The second-order valence-electron chi connectivity index (χ2n) is 3.33. The molecule has 1 heterocycles. The zero-order valence-corrected chi connectivity index (χ0v) is 7.71. The third kappa shape index (κ3) is 2.65. The smallest absolute Gasteiger partial charge is 0.319 e. The molecule has 0 aromatic carbocycles. The normalized spacial score (nSPS) is 19.2. The number of nitrogens with one attached hydrogen (secondary N) is 1. The number of hydrogen-bond acceptors (Lipinski definition) is 5. The van der Waals surface area contributed by atoms with Gasteiger partial charge in [-0.2, -0.15) is 0 Å². The van der Waals surface area contributed by atoms with Gasteiger partial charge in [0.2, 0.25) is 0 Å². The molecule has 2 N–H and O–H groups in total. The molecule has 0 aromatic rings. The Labute approximate surface area is 77.0 Å². The number of carbonyl (C=O) groups is 1. The first-order valence-corrected chi connectivity index (χ1v) is 4.18. The fraction of sp³-hybridized carbons (Fsp3) is 0.875. The number of carbonyl (C=O) groups excluding carboxylic acids is 1. The molecule has 5 nitrogen and oxygen atoms in total. The number of rotatable bonds is 5. The van der Waals surface area contributed by atoms with Crippen LogP contribution in [-0.2, 0) is 14.3 Å². The van der Waals surface area contributed by atoms with E-state index in [0.29, 0.717) is 19.8 Å². The van der Waals surface area contributed by atoms with Crippen molar-refractivity contribution in [1.29, 1.82) is 0 Å². The van der Waals surface area contributed by atoms with E-state index in [4.69, 9.17) is 9.84 Å². The van der Waals surface area contributed by atoms with Gasteiger partial charge in [0.25, 0.3) is 0 Å². The Balaban J connectivity index is 2.14. The van der Waals surface area contributed by atoms with E-state index in [1.54, 1.807) is 0 Å². The van der Waals surface area contributed by atoms with Crippen LogP contribution in [0.3, 0.4) is 0 Å². The minimum Gasteiger partial charge on any atom is -0.468 e. The molecule has 76 valence electrons. The van der Waals surface area contributed by atoms with E-state index in [0.717, 1.165) is 0 Å². The predicted octanol–water partition coefficient (Wildman–Crippen LogP) is -1.24. The lowest BCUT2D eigenvalue weighted by Crippen LogP contribution is -2.52. The first-order chi connectivity index (χ1) is 6.22. The van der Waals surface area contributed by atoms with Crippen LogP contribution >= 0.6 is 0 Å². The highest BCUT2D eigenvalue weighted by Gasteiger charge is 2.37. The van der Waals surface area contributed by atoms with Gasteiger partial charge in [-0.05, 0) is 0 Å². The van der Waals surface area contributed by atoms with Crippen molar-refractivity contribution in [3.63, 3.8) is 0 Å². The Hall–Kier alpha value is -0.650. The quantitative estimate of drug-likeness (QED) is 0.529. The number of aliphatic hydroxyl groups excluding tert-OH is 1. The molecule has 0 radical (unpaired) electrons. The SMILES string of the molecule is COC(=O)CNCC1(CO)COC1. The summed E-state index contributed by atoms with van der Waals surface area (Å²) in [6.07, 6.45) is 0. The minimum atomic E-state index is -0.298. The van der Waals surface area contributed by atoms with Crippen LogP contribution in [0.5, 0.6) is 0 Å². The van der Waals surface area contributed by atoms with Crippen molar-refractivity contribution >= 4 is 5.97 Å². The van der Waals surface area contributed by atoms with Gasteiger partial charge in [0.1, 0.15) is 0 Å². The molecule has 1 aliphatic heterocycles. The highest BCUT2D eigenvalue weighted by molar-refractivity contribution is 5.71. The highest BCUT2D eigenvalue weighted by atomic mass is 16.5. The summed E-state index contributed by atoms with van der Waals surface area (Å²) < 4.78 is 9.45. The van der Waals surface area contributed by atoms with Gasteiger partial charge in [0.15, 0.2) is 0 Å². The van der Waals surface area contributed by atoms with Crippen LogP contribution in [0.2, 0.25) is 0 Å². The van der Waals surface area contributed by atoms with Crippen LogP contribution in [0.25, 0.3) is 0 Å². The molecule has 0 atom stereocenters. The van der Waals surface area contributed by atoms with Gasteiger partial charge in [-0.3, -0.25) is 4.79 Å². The molecule has 1 saturated heterocycles. The van der Waals surface area contributed by atoms with Gasteiger partial charge in [0, 0.05) is 6.54 Å². The molecule has 0 saturated carbocycles. The fourth-order valence-corrected chi connectivity index (χ4v) is 1.14. The predicted molar refractivity (Wildman–Crippen MR) is 45.2 cm³/mol. The third-order valence-electron chi connectivity index (χ3n) is 2.15. The van der Waals surface area contributed by atoms with Gasteiger partial charge < -0.3 is 19.9 Å². The molecular formula is C8H15NO4. The average molecular weight is 189 g/mol. The maximum atomic E-state index is 10.7. The molecule has 0 bridgehead atoms. The topological polar surface area (TPSA) is 67.8 Å². The summed E-state index contributed by atoms with van der Waals surface area (Å²) in [5.74, 6) is -0.298. The molecule has 1 rings (SSSR count). The van der Waals surface area contributed by atoms with Crippen LogP contribution < -0.4 is 5.32 Å². The lowest BCUT2D eigenvalue weighted by atomic mass is 9.87. The fourth-order valence-electron chi connectivity index (χ4n) is 1.14. The van der Waals surface area contributed by atoms with Crippen LogP contribution in [0, 0.1) is 5.41 Å². The molecule has 0 unspecified atom stereocenters. The minimum absolute atomic E-state index is 0.0845. The largest absolute Gasteiger partial charge is 0.468 e. The van der Waals surface area contributed by atoms with Crippen molar-refractivity contribution in [2.45, 2.75) is 0 Å². The van der Waals surface area contributed by atoms with Crippen molar-refractivity contribution < 1.29 is 19.4 Å². The summed E-state index contributed by atoms with van der Waals surface area (Å²) in [5.41, 5.74) is -0.186. The first kappa shape index (κ1) is 10.4. The molecule has 0 aliphatic carbocycles. The van der Waals surface area contributed by atoms with E-state index in [9.17, 15) is 4.79 Å². The summed E-state index contributed by atoms with van der Waals surface area (Å²) in [7, 11) is 1.35. The molecule has 0 amide bonds. The van der Waals surface area contributed by atoms with Crippen molar-refractivity contribution in [3.05, 3.63) is 0 Å². The standard InChI is InChI=1S/C8H15NO4/c1-12-7(11)2-9-3-8(4-10)5-13-6-8/h9-10H,2-6H2,1H3. The summed E-state index contributed by atoms with van der Waals surface area (Å²) in [6.45, 7) is 1.95. The Kier molecular flexibility index (Phi) is 3.65. The van der Waals surface area contributed by atoms with Crippen LogP contribution in [-0.4, -0.2) is 51.1 Å². The zero-order valence-electron chi connectivity index (χ0n) is 7.71. The monoisotopic (exact) mass is 189 g/mol. The third-order valence-corrected chi connectivity index (χ3v) is 2.15. The van der Waals surface area contributed by atoms with Crippen LogP contribution in [0.15, 0.2) is 0 Å². The molecule has 1 aliphatic rings. The van der Waals surface area contributed by atoms with Crippen LogP contribution in [0.1, 0.15) is 0 Å². The summed E-state index contributed by atoms with van der Waals surface area (Å²) >= 11 is 0. The Morgan fingerprint density at radius 1 is 1.69 bits per heavy atom. The van der Waals surface area contributed by atoms with Gasteiger partial charge >= 0.3 is 5.97 Å². The number of hydrogen-bond donors (Lipinski definition) is 2. The van der Waals surface area contributed by atoms with E-state index < -0.39 is 0 Å². The Morgan fingerprint density at radius 3 is 2.77 bits per heavy atom. The lowest BCUT2D eigenvalue weighted by molar-refractivity contribution is -0.143. The molecule has 1 fully saturated rings. The van der Waals surface area contributed by atoms with E-state index in [1.807, 2.05) is 0 Å². The number of ether oxygens (including phenoxy) is 2. The first-order valence-electron chi connectivity index (χ1n) is 4.18. The molecule has 0 spiro atoms. The maximum absolute atomic E-state index is 10.7. The molecular weight excluding hydrogens is 174 g/mol. The Bertz CT molecular complexity index is 173. The van der Waals surface area contributed by atoms with Gasteiger partial charge in [-0.25, -0.2) is 0 Å².